The number of carbonyl (C=O) groups excluding carboxylic acids is 3. The summed E-state index contributed by atoms with van der Waals surface area (Å²) >= 11 is 0. The van der Waals surface area contributed by atoms with Crippen molar-refractivity contribution in [3.05, 3.63) is 183 Å². The molecule has 0 amide bonds. The third-order valence-corrected chi connectivity index (χ3v) is 15.4. The Labute approximate surface area is 435 Å². The molecule has 0 saturated carbocycles. The lowest BCUT2D eigenvalue weighted by Gasteiger charge is -2.21. The van der Waals surface area contributed by atoms with Gasteiger partial charge in [0.15, 0.2) is 11.4 Å². The van der Waals surface area contributed by atoms with Gasteiger partial charge in [-0.1, -0.05) is 91.0 Å². The van der Waals surface area contributed by atoms with Gasteiger partial charge >= 0.3 is 25.3 Å². The second kappa shape index (κ2) is 20.8. The SMILES string of the molecule is CCOC(=O)/C=C/C1=[N+](B(F)F)C(=C(\c2[nH]c(/C=C/C(=O)OCC)c3c2CCCC3)c2c(C)cc(-c3ccc(OC(=O)CCc4ccc5c6cccc7cccc(c8cccc4c85)c76)cc3)cc2C)/C2=C1CCCC2. The molecule has 0 fully saturated rings. The van der Waals surface area contributed by atoms with Crippen molar-refractivity contribution in [2.24, 2.45) is 0 Å². The molecule has 75 heavy (non-hydrogen) atoms. The van der Waals surface area contributed by atoms with Gasteiger partial charge in [0.2, 0.25) is 0 Å². The first-order valence-corrected chi connectivity index (χ1v) is 26.4. The third kappa shape index (κ3) is 9.16. The van der Waals surface area contributed by atoms with Crippen LogP contribution in [0.15, 0.2) is 138 Å². The number of ether oxygens (including phenoxy) is 3. The van der Waals surface area contributed by atoms with Crippen LogP contribution in [0.3, 0.4) is 0 Å². The van der Waals surface area contributed by atoms with E-state index >= 15 is 8.63 Å². The number of hydrogen-bond donors (Lipinski definition) is 1. The van der Waals surface area contributed by atoms with Crippen molar-refractivity contribution in [2.75, 3.05) is 13.2 Å². The highest BCUT2D eigenvalue weighted by Crippen LogP contribution is 2.47. The lowest BCUT2D eigenvalue weighted by Crippen LogP contribution is -2.26. The van der Waals surface area contributed by atoms with Gasteiger partial charge in [0.25, 0.3) is 0 Å². The van der Waals surface area contributed by atoms with E-state index in [0.29, 0.717) is 42.0 Å². The molecule has 11 rings (SSSR count). The highest BCUT2D eigenvalue weighted by atomic mass is 19.2. The number of hydrogen-bond acceptors (Lipinski definition) is 6. The summed E-state index contributed by atoms with van der Waals surface area (Å²) in [5.74, 6) is -0.927. The van der Waals surface area contributed by atoms with Crippen LogP contribution >= 0.6 is 0 Å². The van der Waals surface area contributed by atoms with Crippen molar-refractivity contribution in [1.29, 1.82) is 0 Å². The van der Waals surface area contributed by atoms with E-state index in [2.05, 4.69) is 83.8 Å². The maximum Gasteiger partial charge on any atom is 0.935 e. The predicted molar refractivity (Wildman–Crippen MR) is 297 cm³/mol. The second-order valence-corrected chi connectivity index (χ2v) is 19.9. The Hall–Kier alpha value is -7.92. The lowest BCUT2D eigenvalue weighted by molar-refractivity contribution is -0.342. The molecule has 376 valence electrons. The van der Waals surface area contributed by atoms with Crippen LogP contribution in [-0.4, -0.2) is 53.7 Å². The van der Waals surface area contributed by atoms with Gasteiger partial charge in [-0.3, -0.25) is 4.79 Å². The minimum atomic E-state index is -2.93. The Kier molecular flexibility index (Phi) is 13.7. The predicted octanol–water partition coefficient (Wildman–Crippen LogP) is 14.5. The van der Waals surface area contributed by atoms with E-state index in [1.807, 2.05) is 38.1 Å². The standard InChI is InChI=1S/C64H57BF2N2O6/c1-5-73-56(70)34-31-54-46-16-7-9-18-52(46)63(68-54)62(64-53-19-10-8-17-47(53)55(69(64)65(66)67)32-35-57(71)74-6-2)59-38(3)36-43(37-39(59)4)40-24-28-44(29-25-40)75-58(72)33-27-41-26-30-51-49-22-12-15-42-14-11-21-48(60(42)49)50-23-13-20-45(41)61(50)51/h11-15,20-26,28-32,34-37H,5-10,16-19,27,33H2,1-4H3/p+1/b34-31+,35-32+. The van der Waals surface area contributed by atoms with Crippen LogP contribution in [0, 0.1) is 13.8 Å². The molecule has 8 aromatic rings. The molecule has 1 aromatic heterocycles. The molecule has 0 unspecified atom stereocenters. The normalized spacial score (nSPS) is 15.5. The second-order valence-electron chi connectivity index (χ2n) is 19.9. The lowest BCUT2D eigenvalue weighted by atomic mass is 9.82. The van der Waals surface area contributed by atoms with Crippen LogP contribution in [0.25, 0.3) is 65.9 Å². The van der Waals surface area contributed by atoms with E-state index in [1.165, 1.54) is 55.9 Å². The fourth-order valence-corrected chi connectivity index (χ4v) is 12.3. The summed E-state index contributed by atoms with van der Waals surface area (Å²) in [5.41, 5.74) is 12.2. The Morgan fingerprint density at radius 1 is 0.653 bits per heavy atom. The molecule has 0 atom stereocenters. The van der Waals surface area contributed by atoms with E-state index in [1.54, 1.807) is 19.9 Å². The number of allylic oxidation sites excluding steroid dienone is 3. The Morgan fingerprint density at radius 3 is 1.91 bits per heavy atom. The van der Waals surface area contributed by atoms with Crippen molar-refractivity contribution in [3.8, 4) is 16.9 Å². The summed E-state index contributed by atoms with van der Waals surface area (Å²) in [5, 5.41) is 9.73. The highest BCUT2D eigenvalue weighted by Gasteiger charge is 2.50. The monoisotopic (exact) mass is 999 g/mol. The van der Waals surface area contributed by atoms with Gasteiger partial charge < -0.3 is 19.2 Å². The molecule has 7 aromatic carbocycles. The van der Waals surface area contributed by atoms with E-state index in [-0.39, 0.29) is 25.6 Å². The molecule has 0 spiro atoms. The first-order chi connectivity index (χ1) is 36.5. The number of H-pyrrole nitrogens is 1. The van der Waals surface area contributed by atoms with Crippen LogP contribution in [0.2, 0.25) is 0 Å². The minimum absolute atomic E-state index is 0.167. The van der Waals surface area contributed by atoms with Crippen LogP contribution in [-0.2, 0) is 43.1 Å². The number of halogens is 2. The van der Waals surface area contributed by atoms with E-state index < -0.39 is 19.3 Å². The Balaban J connectivity index is 0.928. The summed E-state index contributed by atoms with van der Waals surface area (Å²) < 4.78 is 49.6. The molecule has 1 aliphatic heterocycles. The van der Waals surface area contributed by atoms with E-state index in [0.717, 1.165) is 115 Å². The average molecular weight is 1000 g/mol. The summed E-state index contributed by atoms with van der Waals surface area (Å²) in [6.07, 6.45) is 12.9. The average Bonchev–Trinajstić information content (AvgIpc) is 3.96. The van der Waals surface area contributed by atoms with E-state index in [9.17, 15) is 14.4 Å². The summed E-state index contributed by atoms with van der Waals surface area (Å²) in [4.78, 5) is 42.5. The van der Waals surface area contributed by atoms with Gasteiger partial charge in [0.1, 0.15) is 5.75 Å². The molecular formula is C64H58BF2N2O6+. The van der Waals surface area contributed by atoms with Gasteiger partial charge in [0.05, 0.1) is 30.9 Å². The van der Waals surface area contributed by atoms with Gasteiger partial charge in [0, 0.05) is 35.1 Å². The Morgan fingerprint density at radius 2 is 1.24 bits per heavy atom. The minimum Gasteiger partial charge on any atom is -0.463 e. The first kappa shape index (κ1) is 49.3. The van der Waals surface area contributed by atoms with Crippen LogP contribution < -0.4 is 4.74 Å². The van der Waals surface area contributed by atoms with E-state index in [4.69, 9.17) is 14.2 Å². The number of fused-ring (bicyclic) bond motifs is 3. The number of rotatable bonds is 14. The number of aromatic amines is 1. The molecule has 11 heteroatoms. The molecular weight excluding hydrogens is 942 g/mol. The number of carbonyl (C=O) groups is 3. The van der Waals surface area contributed by atoms with Crippen molar-refractivity contribution in [2.45, 2.75) is 91.9 Å². The molecule has 2 heterocycles. The summed E-state index contributed by atoms with van der Waals surface area (Å²) in [6.45, 7) is 7.92. The van der Waals surface area contributed by atoms with Crippen molar-refractivity contribution < 1.29 is 41.7 Å². The van der Waals surface area contributed by atoms with Crippen molar-refractivity contribution >= 4 is 85.8 Å². The number of aromatic nitrogens is 1. The molecule has 8 nitrogen and oxygen atoms in total. The fourth-order valence-electron chi connectivity index (χ4n) is 12.3. The zero-order valence-electron chi connectivity index (χ0n) is 42.8. The molecule has 0 radical (unpaired) electrons. The quantitative estimate of drug-likeness (QED) is 0.0291. The molecule has 2 aliphatic carbocycles. The van der Waals surface area contributed by atoms with Gasteiger partial charge in [-0.25, -0.2) is 22.7 Å². The largest absolute Gasteiger partial charge is 0.935 e. The smallest absolute Gasteiger partial charge is 0.463 e. The maximum absolute atomic E-state index is 16.0. The van der Waals surface area contributed by atoms with Crippen LogP contribution in [0.5, 0.6) is 5.75 Å². The topological polar surface area (TPSA) is 97.7 Å². The summed E-state index contributed by atoms with van der Waals surface area (Å²) in [6, 6.07) is 35.4. The van der Waals surface area contributed by atoms with Crippen LogP contribution in [0.1, 0.15) is 104 Å². The maximum atomic E-state index is 16.0. The van der Waals surface area contributed by atoms with Crippen molar-refractivity contribution in [1.82, 2.24) is 4.98 Å². The number of aryl methyl sites for hydroxylation is 3. The van der Waals surface area contributed by atoms with Gasteiger partial charge in [-0.05, 0) is 191 Å². The zero-order chi connectivity index (χ0) is 51.9. The molecule has 0 saturated heterocycles. The van der Waals surface area contributed by atoms with Crippen molar-refractivity contribution in [3.63, 3.8) is 0 Å². The zero-order valence-corrected chi connectivity index (χ0v) is 42.8. The fraction of sp³-hybridized carbons (Fsp3) is 0.250. The Bertz CT molecular complexity index is 3710. The van der Waals surface area contributed by atoms with Gasteiger partial charge in [-0.2, -0.15) is 0 Å². The molecule has 1 N–H and O–H groups in total. The number of benzene rings is 7. The highest BCUT2D eigenvalue weighted by molar-refractivity contribution is 6.36. The number of nitrogens with one attached hydrogen (secondary N) is 1. The number of esters is 3. The van der Waals surface area contributed by atoms with Gasteiger partial charge in [-0.15, -0.1) is 0 Å². The number of nitrogens with zero attached hydrogens (tertiary/aromatic N) is 1. The summed E-state index contributed by atoms with van der Waals surface area (Å²) in [7, 11) is -2.93. The van der Waals surface area contributed by atoms with Crippen LogP contribution in [0.4, 0.5) is 8.63 Å². The first-order valence-electron chi connectivity index (χ1n) is 26.4. The molecule has 0 bridgehead atoms. The third-order valence-electron chi connectivity index (χ3n) is 15.4. The molecule has 3 aliphatic rings.